The molecule has 0 bridgehead atoms. The van der Waals surface area contributed by atoms with E-state index in [2.05, 4.69) is 154 Å². The van der Waals surface area contributed by atoms with E-state index in [1.54, 1.807) is 0 Å². The second-order valence-corrected chi connectivity index (χ2v) is 14.2. The Labute approximate surface area is 366 Å². The van der Waals surface area contributed by atoms with Gasteiger partial charge in [0, 0.05) is 19.3 Å². The summed E-state index contributed by atoms with van der Waals surface area (Å²) in [6.07, 6.45) is 67.2. The summed E-state index contributed by atoms with van der Waals surface area (Å²) in [5.74, 6) is -1.15. The molecular formula is C54H80O6. The highest BCUT2D eigenvalue weighted by Crippen LogP contribution is 2.08. The van der Waals surface area contributed by atoms with Crippen molar-refractivity contribution < 1.29 is 28.6 Å². The van der Waals surface area contributed by atoms with Crippen LogP contribution in [0.15, 0.2) is 146 Å². The van der Waals surface area contributed by atoms with Crippen LogP contribution in [0, 0.1) is 0 Å². The minimum absolute atomic E-state index is 0.150. The molecule has 0 saturated heterocycles. The van der Waals surface area contributed by atoms with Gasteiger partial charge >= 0.3 is 17.9 Å². The molecule has 1 unspecified atom stereocenters. The summed E-state index contributed by atoms with van der Waals surface area (Å²) in [5.41, 5.74) is 0. The van der Waals surface area contributed by atoms with Gasteiger partial charge < -0.3 is 14.2 Å². The first kappa shape index (κ1) is 55.3. The Bertz CT molecular complexity index is 1410. The van der Waals surface area contributed by atoms with Gasteiger partial charge in [0.2, 0.25) is 0 Å². The molecule has 332 valence electrons. The maximum Gasteiger partial charge on any atom is 0.306 e. The average Bonchev–Trinajstić information content (AvgIpc) is 3.24. The maximum atomic E-state index is 12.7. The lowest BCUT2D eigenvalue weighted by atomic mass is 10.2. The van der Waals surface area contributed by atoms with Crippen LogP contribution in [0.2, 0.25) is 0 Å². The third-order valence-corrected chi connectivity index (χ3v) is 8.58. The molecule has 0 radical (unpaired) electrons. The molecule has 0 aromatic rings. The highest BCUT2D eigenvalue weighted by molar-refractivity contribution is 5.71. The zero-order valence-electron chi connectivity index (χ0n) is 37.6. The van der Waals surface area contributed by atoms with E-state index >= 15 is 0 Å². The molecule has 0 saturated carbocycles. The predicted octanol–water partition coefficient (Wildman–Crippen LogP) is 14.9. The molecule has 0 aliphatic carbocycles. The van der Waals surface area contributed by atoms with Crippen LogP contribution in [0.25, 0.3) is 0 Å². The Balaban J connectivity index is 4.63. The molecule has 6 heteroatoms. The minimum atomic E-state index is -0.858. The summed E-state index contributed by atoms with van der Waals surface area (Å²) in [7, 11) is 0. The summed E-state index contributed by atoms with van der Waals surface area (Å²) >= 11 is 0. The number of unbranched alkanes of at least 4 members (excludes halogenated alkanes) is 3. The number of hydrogen-bond donors (Lipinski definition) is 0. The second kappa shape index (κ2) is 47.0. The highest BCUT2D eigenvalue weighted by atomic mass is 16.6. The van der Waals surface area contributed by atoms with E-state index < -0.39 is 12.1 Å². The fraction of sp³-hybridized carbons (Fsp3) is 0.500. The zero-order chi connectivity index (χ0) is 43.7. The van der Waals surface area contributed by atoms with Crippen LogP contribution < -0.4 is 0 Å². The smallest absolute Gasteiger partial charge is 0.306 e. The lowest BCUT2D eigenvalue weighted by molar-refractivity contribution is -0.166. The van der Waals surface area contributed by atoms with Crippen LogP contribution in [-0.2, 0) is 28.6 Å². The van der Waals surface area contributed by atoms with E-state index in [4.69, 9.17) is 14.2 Å². The van der Waals surface area contributed by atoms with Crippen molar-refractivity contribution in [2.45, 2.75) is 162 Å². The Morgan fingerprint density at radius 2 is 0.633 bits per heavy atom. The maximum absolute atomic E-state index is 12.7. The fourth-order valence-corrected chi connectivity index (χ4v) is 5.27. The molecule has 0 amide bonds. The Morgan fingerprint density at radius 1 is 0.333 bits per heavy atom. The Morgan fingerprint density at radius 3 is 1.00 bits per heavy atom. The van der Waals surface area contributed by atoms with Crippen molar-refractivity contribution in [1.29, 1.82) is 0 Å². The van der Waals surface area contributed by atoms with Crippen molar-refractivity contribution >= 4 is 17.9 Å². The van der Waals surface area contributed by atoms with E-state index in [1.807, 2.05) is 12.2 Å². The molecular weight excluding hydrogens is 745 g/mol. The molecule has 0 fully saturated rings. The highest BCUT2D eigenvalue weighted by Gasteiger charge is 2.19. The molecule has 0 N–H and O–H groups in total. The van der Waals surface area contributed by atoms with Crippen LogP contribution in [0.3, 0.4) is 0 Å². The number of allylic oxidation sites excluding steroid dienone is 24. The lowest BCUT2D eigenvalue weighted by Crippen LogP contribution is -2.30. The van der Waals surface area contributed by atoms with Crippen molar-refractivity contribution in [3.63, 3.8) is 0 Å². The summed E-state index contributed by atoms with van der Waals surface area (Å²) in [4.78, 5) is 37.7. The van der Waals surface area contributed by atoms with Gasteiger partial charge in [-0.1, -0.05) is 167 Å². The van der Waals surface area contributed by atoms with Crippen molar-refractivity contribution in [2.24, 2.45) is 0 Å². The van der Waals surface area contributed by atoms with Crippen LogP contribution in [-0.4, -0.2) is 37.2 Å². The summed E-state index contributed by atoms with van der Waals surface area (Å²) < 4.78 is 16.5. The lowest BCUT2D eigenvalue weighted by Gasteiger charge is -2.18. The van der Waals surface area contributed by atoms with Gasteiger partial charge in [-0.2, -0.15) is 0 Å². The summed E-state index contributed by atoms with van der Waals surface area (Å²) in [6, 6.07) is 0. The molecule has 0 aliphatic rings. The van der Waals surface area contributed by atoms with Crippen molar-refractivity contribution in [3.8, 4) is 0 Å². The number of carbonyl (C=O) groups excluding carboxylic acids is 3. The van der Waals surface area contributed by atoms with Gasteiger partial charge in [-0.05, 0) is 116 Å². The number of esters is 3. The normalized spacial score (nSPS) is 13.4. The summed E-state index contributed by atoms with van der Waals surface area (Å²) in [6.45, 7) is 6.09. The summed E-state index contributed by atoms with van der Waals surface area (Å²) in [5, 5.41) is 0. The number of carbonyl (C=O) groups is 3. The molecule has 6 nitrogen and oxygen atoms in total. The molecule has 0 rings (SSSR count). The van der Waals surface area contributed by atoms with Crippen LogP contribution in [0.5, 0.6) is 0 Å². The van der Waals surface area contributed by atoms with E-state index in [1.165, 1.54) is 0 Å². The fourth-order valence-electron chi connectivity index (χ4n) is 5.27. The number of hydrogen-bond acceptors (Lipinski definition) is 6. The third kappa shape index (κ3) is 44.4. The Hall–Kier alpha value is -4.71. The molecule has 0 aliphatic heterocycles. The topological polar surface area (TPSA) is 78.9 Å². The Kier molecular flexibility index (Phi) is 43.3. The third-order valence-electron chi connectivity index (χ3n) is 8.58. The van der Waals surface area contributed by atoms with Gasteiger partial charge in [-0.3, -0.25) is 14.4 Å². The SMILES string of the molecule is CC/C=C\C/C=C\C/C=C\C/C=C\C/C=C\CCCC(=O)OCC(COC(=O)CCCC/C=C\C/C=C\CC)OC(=O)CC/C=C\C/C=C\C/C=C\C/C=C\C/C=C\CC. The molecule has 0 heterocycles. The zero-order valence-corrected chi connectivity index (χ0v) is 37.6. The minimum Gasteiger partial charge on any atom is -0.462 e. The van der Waals surface area contributed by atoms with Gasteiger partial charge in [0.25, 0.3) is 0 Å². The number of rotatable bonds is 38. The van der Waals surface area contributed by atoms with Crippen molar-refractivity contribution in [3.05, 3.63) is 146 Å². The van der Waals surface area contributed by atoms with E-state index in [0.29, 0.717) is 19.3 Å². The second-order valence-electron chi connectivity index (χ2n) is 14.2. The van der Waals surface area contributed by atoms with Gasteiger partial charge in [-0.25, -0.2) is 0 Å². The quantitative estimate of drug-likeness (QED) is 0.0267. The van der Waals surface area contributed by atoms with Crippen molar-refractivity contribution in [1.82, 2.24) is 0 Å². The molecule has 0 aromatic carbocycles. The van der Waals surface area contributed by atoms with Crippen LogP contribution in [0.1, 0.15) is 156 Å². The monoisotopic (exact) mass is 825 g/mol. The number of ether oxygens (including phenoxy) is 3. The average molecular weight is 825 g/mol. The van der Waals surface area contributed by atoms with E-state index in [9.17, 15) is 14.4 Å². The predicted molar refractivity (Wildman–Crippen MR) is 255 cm³/mol. The van der Waals surface area contributed by atoms with Gasteiger partial charge in [0.05, 0.1) is 0 Å². The van der Waals surface area contributed by atoms with Gasteiger partial charge in [0.1, 0.15) is 13.2 Å². The van der Waals surface area contributed by atoms with E-state index in [0.717, 1.165) is 96.3 Å². The molecule has 0 aromatic heterocycles. The van der Waals surface area contributed by atoms with Gasteiger partial charge in [-0.15, -0.1) is 0 Å². The van der Waals surface area contributed by atoms with Gasteiger partial charge in [0.15, 0.2) is 6.10 Å². The molecule has 0 spiro atoms. The largest absolute Gasteiger partial charge is 0.462 e. The molecule has 1 atom stereocenters. The van der Waals surface area contributed by atoms with E-state index in [-0.39, 0.29) is 44.4 Å². The standard InChI is InChI=1S/C54H80O6/c1-4-7-10-13-16-19-21-23-25-27-29-30-32-35-38-41-44-47-53(56)59-50-51(49-58-52(55)46-43-40-37-34-18-15-12-9-6-3)60-54(57)48-45-42-39-36-33-31-28-26-24-22-20-17-14-11-8-5-2/h7-12,16-20,23-26,29-31,33-35,38-39,42,51H,4-6,13-15,21-22,27-28,32,36-37,40-41,43-50H2,1-3H3/b10-7-,11-8-,12-9-,19-16-,20-17-,25-23-,26-24-,30-29-,33-31-,34-18-,38-35-,42-39-. The van der Waals surface area contributed by atoms with Crippen molar-refractivity contribution in [2.75, 3.05) is 13.2 Å². The first-order chi connectivity index (χ1) is 29.5. The van der Waals surface area contributed by atoms with Crippen LogP contribution >= 0.6 is 0 Å². The first-order valence-electron chi connectivity index (χ1n) is 22.8. The molecule has 60 heavy (non-hydrogen) atoms. The first-order valence-corrected chi connectivity index (χ1v) is 22.8. The van der Waals surface area contributed by atoms with Crippen LogP contribution in [0.4, 0.5) is 0 Å².